The van der Waals surface area contributed by atoms with Crippen molar-refractivity contribution < 1.29 is 23.5 Å². The molecule has 1 N–H and O–H groups in total. The minimum atomic E-state index is -0.152. The normalized spacial score (nSPS) is 10.7. The Bertz CT molecular complexity index is 980. The van der Waals surface area contributed by atoms with Crippen LogP contribution in [0.15, 0.2) is 71.3 Å². The molecule has 3 rings (SSSR count). The molecule has 0 radical (unpaired) electrons. The molecule has 0 fully saturated rings. The van der Waals surface area contributed by atoms with Gasteiger partial charge in [0.1, 0.15) is 18.1 Å². The predicted octanol–water partition coefficient (Wildman–Crippen LogP) is 5.06. The lowest BCUT2D eigenvalue weighted by Gasteiger charge is -2.08. The van der Waals surface area contributed by atoms with Crippen LogP contribution in [0.3, 0.4) is 0 Å². The lowest BCUT2D eigenvalue weighted by Crippen LogP contribution is -2.23. The van der Waals surface area contributed by atoms with E-state index in [1.165, 1.54) is 0 Å². The standard InChI is InChI=1S/C26H29NO5/c1-2-14-31-23-10-8-22(9-11-23)25(28)12-13-26(29)27-17-20-5-3-6-21(16-20)18-30-19-24-7-4-15-32-24/h3-11,15-16H,2,12-14,17-19H2,1H3,(H,27,29). The van der Waals surface area contributed by atoms with Gasteiger partial charge < -0.3 is 19.2 Å². The van der Waals surface area contributed by atoms with Gasteiger partial charge in [0.2, 0.25) is 5.91 Å². The van der Waals surface area contributed by atoms with Gasteiger partial charge in [-0.1, -0.05) is 31.2 Å². The number of furan rings is 1. The Morgan fingerprint density at radius 1 is 0.938 bits per heavy atom. The Balaban J connectivity index is 1.38. The quantitative estimate of drug-likeness (QED) is 0.380. The van der Waals surface area contributed by atoms with Crippen molar-refractivity contribution >= 4 is 11.7 Å². The van der Waals surface area contributed by atoms with Crippen LogP contribution in [0.1, 0.15) is 53.4 Å². The Morgan fingerprint density at radius 3 is 2.50 bits per heavy atom. The van der Waals surface area contributed by atoms with Crippen LogP contribution >= 0.6 is 0 Å². The molecule has 0 aliphatic rings. The molecule has 168 valence electrons. The Labute approximate surface area is 188 Å². The largest absolute Gasteiger partial charge is 0.494 e. The highest BCUT2D eigenvalue weighted by Crippen LogP contribution is 2.14. The monoisotopic (exact) mass is 435 g/mol. The number of Topliss-reactive ketones (excluding diaryl/α,β-unsaturated/α-hetero) is 1. The van der Waals surface area contributed by atoms with E-state index in [4.69, 9.17) is 13.9 Å². The van der Waals surface area contributed by atoms with Crippen LogP contribution in [0.4, 0.5) is 0 Å². The van der Waals surface area contributed by atoms with Crippen molar-refractivity contribution in [2.75, 3.05) is 6.61 Å². The van der Waals surface area contributed by atoms with E-state index in [1.54, 1.807) is 30.5 Å². The summed E-state index contributed by atoms with van der Waals surface area (Å²) in [6.45, 7) is 3.96. The Kier molecular flexibility index (Phi) is 9.07. The van der Waals surface area contributed by atoms with Gasteiger partial charge in [0.05, 0.1) is 19.5 Å². The highest BCUT2D eigenvalue weighted by molar-refractivity contribution is 5.98. The van der Waals surface area contributed by atoms with Gasteiger partial charge in [0.15, 0.2) is 5.78 Å². The van der Waals surface area contributed by atoms with E-state index in [9.17, 15) is 9.59 Å². The van der Waals surface area contributed by atoms with Gasteiger partial charge in [-0.3, -0.25) is 9.59 Å². The van der Waals surface area contributed by atoms with E-state index >= 15 is 0 Å². The first-order valence-electron chi connectivity index (χ1n) is 10.8. The highest BCUT2D eigenvalue weighted by atomic mass is 16.5. The molecule has 0 spiro atoms. The molecule has 6 heteroatoms. The minimum absolute atomic E-state index is 0.0575. The number of ketones is 1. The van der Waals surface area contributed by atoms with Gasteiger partial charge in [-0.05, 0) is 53.9 Å². The second-order valence-corrected chi connectivity index (χ2v) is 7.46. The molecule has 0 saturated carbocycles. The number of carbonyl (C=O) groups is 2. The highest BCUT2D eigenvalue weighted by Gasteiger charge is 2.10. The summed E-state index contributed by atoms with van der Waals surface area (Å²) in [5.41, 5.74) is 2.58. The number of carbonyl (C=O) groups excluding carboxylic acids is 2. The van der Waals surface area contributed by atoms with Crippen LogP contribution < -0.4 is 10.1 Å². The molecule has 0 bridgehead atoms. The van der Waals surface area contributed by atoms with E-state index in [0.717, 1.165) is 29.1 Å². The fraction of sp³-hybridized carbons (Fsp3) is 0.308. The average molecular weight is 436 g/mol. The van der Waals surface area contributed by atoms with Crippen molar-refractivity contribution in [3.05, 3.63) is 89.4 Å². The first kappa shape index (κ1) is 23.3. The molecule has 2 aromatic carbocycles. The summed E-state index contributed by atoms with van der Waals surface area (Å²) in [6, 6.07) is 18.6. The molecule has 0 aliphatic heterocycles. The molecule has 1 heterocycles. The second kappa shape index (κ2) is 12.5. The van der Waals surface area contributed by atoms with E-state index in [2.05, 4.69) is 5.32 Å². The Morgan fingerprint density at radius 2 is 1.75 bits per heavy atom. The van der Waals surface area contributed by atoms with E-state index in [-0.39, 0.29) is 24.5 Å². The van der Waals surface area contributed by atoms with Crippen LogP contribution in [-0.4, -0.2) is 18.3 Å². The topological polar surface area (TPSA) is 77.8 Å². The molecule has 6 nitrogen and oxygen atoms in total. The first-order valence-corrected chi connectivity index (χ1v) is 10.8. The maximum Gasteiger partial charge on any atom is 0.220 e. The third-order valence-corrected chi connectivity index (χ3v) is 4.80. The minimum Gasteiger partial charge on any atom is -0.494 e. The van der Waals surface area contributed by atoms with Gasteiger partial charge in [-0.25, -0.2) is 0 Å². The van der Waals surface area contributed by atoms with Gasteiger partial charge in [0, 0.05) is 24.9 Å². The van der Waals surface area contributed by atoms with Crippen molar-refractivity contribution in [3.63, 3.8) is 0 Å². The number of ether oxygens (including phenoxy) is 2. The molecule has 3 aromatic rings. The van der Waals surface area contributed by atoms with Crippen LogP contribution in [0.25, 0.3) is 0 Å². The maximum absolute atomic E-state index is 12.3. The third kappa shape index (κ3) is 7.71. The molecular formula is C26H29NO5. The van der Waals surface area contributed by atoms with Gasteiger partial charge in [0.25, 0.3) is 0 Å². The molecule has 0 atom stereocenters. The van der Waals surface area contributed by atoms with Gasteiger partial charge >= 0.3 is 0 Å². The fourth-order valence-electron chi connectivity index (χ4n) is 3.11. The zero-order valence-corrected chi connectivity index (χ0v) is 18.3. The number of rotatable bonds is 13. The molecule has 0 aliphatic carbocycles. The van der Waals surface area contributed by atoms with Crippen molar-refractivity contribution in [3.8, 4) is 5.75 Å². The summed E-state index contributed by atoms with van der Waals surface area (Å²) in [5.74, 6) is 1.32. The lowest BCUT2D eigenvalue weighted by atomic mass is 10.1. The summed E-state index contributed by atoms with van der Waals surface area (Å²) in [4.78, 5) is 24.5. The number of hydrogen-bond acceptors (Lipinski definition) is 5. The van der Waals surface area contributed by atoms with Gasteiger partial charge in [-0.15, -0.1) is 0 Å². The van der Waals surface area contributed by atoms with E-state index < -0.39 is 0 Å². The van der Waals surface area contributed by atoms with Crippen LogP contribution in [0.2, 0.25) is 0 Å². The molecule has 32 heavy (non-hydrogen) atoms. The van der Waals surface area contributed by atoms with Gasteiger partial charge in [-0.2, -0.15) is 0 Å². The molecule has 0 saturated heterocycles. The summed E-state index contributed by atoms with van der Waals surface area (Å²) in [5, 5.41) is 2.88. The number of nitrogens with one attached hydrogen (secondary N) is 1. The molecule has 1 amide bonds. The summed E-state index contributed by atoms with van der Waals surface area (Å²) in [6.07, 6.45) is 2.87. The third-order valence-electron chi connectivity index (χ3n) is 4.80. The number of amides is 1. The van der Waals surface area contributed by atoms with Crippen molar-refractivity contribution in [2.24, 2.45) is 0 Å². The fourth-order valence-corrected chi connectivity index (χ4v) is 3.11. The Hall–Kier alpha value is -3.38. The zero-order valence-electron chi connectivity index (χ0n) is 18.3. The SMILES string of the molecule is CCCOc1ccc(C(=O)CCC(=O)NCc2cccc(COCc3ccco3)c2)cc1. The van der Waals surface area contributed by atoms with Crippen molar-refractivity contribution in [2.45, 2.75) is 45.9 Å². The first-order chi connectivity index (χ1) is 15.6. The van der Waals surface area contributed by atoms with Crippen LogP contribution in [-0.2, 0) is 29.3 Å². The molecular weight excluding hydrogens is 406 g/mol. The summed E-state index contributed by atoms with van der Waals surface area (Å²) < 4.78 is 16.4. The number of benzene rings is 2. The zero-order chi connectivity index (χ0) is 22.6. The summed E-state index contributed by atoms with van der Waals surface area (Å²) >= 11 is 0. The lowest BCUT2D eigenvalue weighted by molar-refractivity contribution is -0.121. The second-order valence-electron chi connectivity index (χ2n) is 7.46. The number of hydrogen-bond donors (Lipinski definition) is 1. The van der Waals surface area contributed by atoms with Crippen molar-refractivity contribution in [1.29, 1.82) is 0 Å². The van der Waals surface area contributed by atoms with E-state index in [0.29, 0.717) is 31.9 Å². The average Bonchev–Trinajstić information content (AvgIpc) is 3.34. The van der Waals surface area contributed by atoms with E-state index in [1.807, 2.05) is 43.3 Å². The maximum atomic E-state index is 12.3. The van der Waals surface area contributed by atoms with Crippen molar-refractivity contribution in [1.82, 2.24) is 5.32 Å². The summed E-state index contributed by atoms with van der Waals surface area (Å²) in [7, 11) is 0. The molecule has 1 aromatic heterocycles. The predicted molar refractivity (Wildman–Crippen MR) is 121 cm³/mol. The van der Waals surface area contributed by atoms with Crippen LogP contribution in [0, 0.1) is 0 Å². The van der Waals surface area contributed by atoms with Crippen LogP contribution in [0.5, 0.6) is 5.75 Å². The smallest absolute Gasteiger partial charge is 0.220 e. The molecule has 0 unspecified atom stereocenters.